The van der Waals surface area contributed by atoms with Crippen LogP contribution in [0.3, 0.4) is 0 Å². The van der Waals surface area contributed by atoms with E-state index in [0.29, 0.717) is 0 Å². The van der Waals surface area contributed by atoms with Gasteiger partial charge in [0.15, 0.2) is 0 Å². The second-order valence-corrected chi connectivity index (χ2v) is 4.44. The molecule has 0 unspecified atom stereocenters. The molecule has 2 N–H and O–H groups in total. The van der Waals surface area contributed by atoms with Crippen molar-refractivity contribution in [3.63, 3.8) is 0 Å². The Balaban J connectivity index is 2.08. The molecule has 0 spiro atoms. The Kier molecular flexibility index (Phi) is 2.73. The third kappa shape index (κ3) is 1.95. The molecule has 3 heterocycles. The topological polar surface area (TPSA) is 44.5 Å². The lowest BCUT2D eigenvalue weighted by molar-refractivity contribution is 0.855. The van der Waals surface area contributed by atoms with Crippen molar-refractivity contribution >= 4 is 0 Å². The third-order valence-electron chi connectivity index (χ3n) is 3.10. The van der Waals surface area contributed by atoms with E-state index >= 15 is 0 Å². The van der Waals surface area contributed by atoms with Gasteiger partial charge in [-0.3, -0.25) is 4.98 Å². The van der Waals surface area contributed by atoms with Crippen molar-refractivity contribution in [1.29, 1.82) is 0 Å². The lowest BCUT2D eigenvalue weighted by Crippen LogP contribution is -2.06. The van der Waals surface area contributed by atoms with Crippen molar-refractivity contribution in [3.05, 3.63) is 77.6 Å². The van der Waals surface area contributed by atoms with Gasteiger partial charge in [0.05, 0.1) is 11.6 Å². The molecule has 0 bridgehead atoms. The van der Waals surface area contributed by atoms with E-state index in [0.717, 1.165) is 17.1 Å². The molecule has 0 aliphatic rings. The maximum absolute atomic E-state index is 4.55. The van der Waals surface area contributed by atoms with Crippen LogP contribution in [-0.4, -0.2) is 15.0 Å². The maximum Gasteiger partial charge on any atom is 0.0813 e. The van der Waals surface area contributed by atoms with E-state index < -0.39 is 0 Å². The fourth-order valence-corrected chi connectivity index (χ4v) is 2.18. The van der Waals surface area contributed by atoms with Gasteiger partial charge in [-0.2, -0.15) is 0 Å². The first-order chi connectivity index (χ1) is 8.84. The maximum atomic E-state index is 4.55. The van der Waals surface area contributed by atoms with E-state index in [1.165, 1.54) is 5.56 Å². The third-order valence-corrected chi connectivity index (χ3v) is 3.10. The lowest BCUT2D eigenvalue weighted by Gasteiger charge is -2.14. The van der Waals surface area contributed by atoms with Crippen molar-refractivity contribution in [1.82, 2.24) is 15.0 Å². The number of nitrogens with one attached hydrogen (secondary N) is 2. The van der Waals surface area contributed by atoms with E-state index in [9.17, 15) is 0 Å². The van der Waals surface area contributed by atoms with E-state index in [2.05, 4.69) is 46.1 Å². The summed E-state index contributed by atoms with van der Waals surface area (Å²) in [4.78, 5) is 11.1. The summed E-state index contributed by atoms with van der Waals surface area (Å²) in [7, 11) is 0. The Morgan fingerprint density at radius 1 is 0.944 bits per heavy atom. The van der Waals surface area contributed by atoms with Crippen LogP contribution in [0.25, 0.3) is 0 Å². The van der Waals surface area contributed by atoms with Gasteiger partial charge in [-0.25, -0.2) is 0 Å². The summed E-state index contributed by atoms with van der Waals surface area (Å²) < 4.78 is 0. The molecule has 0 aliphatic carbocycles. The number of aromatic amines is 2. The summed E-state index contributed by atoms with van der Waals surface area (Å²) in [6, 6.07) is 12.4. The molecule has 3 nitrogen and oxygen atoms in total. The number of hydrogen-bond donors (Lipinski definition) is 2. The van der Waals surface area contributed by atoms with Gasteiger partial charge >= 0.3 is 0 Å². The minimum absolute atomic E-state index is 0.135. The van der Waals surface area contributed by atoms with Crippen LogP contribution >= 0.6 is 0 Å². The van der Waals surface area contributed by atoms with Gasteiger partial charge in [0, 0.05) is 30.0 Å². The van der Waals surface area contributed by atoms with Crippen molar-refractivity contribution in [2.75, 3.05) is 0 Å². The van der Waals surface area contributed by atoms with Gasteiger partial charge in [0.1, 0.15) is 0 Å². The number of aryl methyl sites for hydroxylation is 1. The highest BCUT2D eigenvalue weighted by molar-refractivity contribution is 5.34. The Labute approximate surface area is 106 Å². The highest BCUT2D eigenvalue weighted by atomic mass is 14.8. The SMILES string of the molecule is Cc1ccc(C(c2ccc[nH]2)c2ccc[nH]2)nc1. The van der Waals surface area contributed by atoms with Crippen LogP contribution in [0.1, 0.15) is 28.6 Å². The molecule has 90 valence electrons. The van der Waals surface area contributed by atoms with Crippen LogP contribution in [0.2, 0.25) is 0 Å². The molecule has 3 heteroatoms. The summed E-state index contributed by atoms with van der Waals surface area (Å²) >= 11 is 0. The average Bonchev–Trinajstić information content (AvgIpc) is 3.06. The molecule has 0 saturated carbocycles. The van der Waals surface area contributed by atoms with Crippen LogP contribution < -0.4 is 0 Å². The van der Waals surface area contributed by atoms with Crippen LogP contribution in [0.5, 0.6) is 0 Å². The molecule has 18 heavy (non-hydrogen) atoms. The van der Waals surface area contributed by atoms with Gasteiger partial charge in [0.2, 0.25) is 0 Å². The Hall–Kier alpha value is -2.29. The van der Waals surface area contributed by atoms with Crippen molar-refractivity contribution < 1.29 is 0 Å². The lowest BCUT2D eigenvalue weighted by atomic mass is 9.97. The normalized spacial score (nSPS) is 11.0. The van der Waals surface area contributed by atoms with Crippen molar-refractivity contribution in [3.8, 4) is 0 Å². The summed E-state index contributed by atoms with van der Waals surface area (Å²) in [6.07, 6.45) is 5.80. The van der Waals surface area contributed by atoms with Gasteiger partial charge in [-0.05, 0) is 42.8 Å². The first-order valence-corrected chi connectivity index (χ1v) is 6.04. The molecule has 3 aromatic rings. The zero-order valence-corrected chi connectivity index (χ0v) is 10.2. The van der Waals surface area contributed by atoms with Gasteiger partial charge in [-0.15, -0.1) is 0 Å². The first kappa shape index (κ1) is 10.8. The Morgan fingerprint density at radius 3 is 2.06 bits per heavy atom. The number of rotatable bonds is 3. The summed E-state index contributed by atoms with van der Waals surface area (Å²) in [5.74, 6) is 0.135. The Morgan fingerprint density at radius 2 is 1.61 bits per heavy atom. The zero-order valence-electron chi connectivity index (χ0n) is 10.2. The van der Waals surface area contributed by atoms with Crippen LogP contribution in [0, 0.1) is 6.92 Å². The van der Waals surface area contributed by atoms with Gasteiger partial charge in [-0.1, -0.05) is 6.07 Å². The van der Waals surface area contributed by atoms with Crippen LogP contribution in [0.15, 0.2) is 55.0 Å². The number of pyridine rings is 1. The monoisotopic (exact) mass is 237 g/mol. The number of aromatic nitrogens is 3. The molecule has 0 saturated heterocycles. The standard InChI is InChI=1S/C15H15N3/c1-11-6-7-14(18-10-11)15(12-4-2-8-16-12)13-5-3-9-17-13/h2-10,15-17H,1H3. The molecule has 3 rings (SSSR count). The van der Waals surface area contributed by atoms with Gasteiger partial charge < -0.3 is 9.97 Å². The fourth-order valence-electron chi connectivity index (χ4n) is 2.18. The zero-order chi connectivity index (χ0) is 12.4. The summed E-state index contributed by atoms with van der Waals surface area (Å²) in [5.41, 5.74) is 4.52. The second-order valence-electron chi connectivity index (χ2n) is 4.44. The molecule has 0 radical (unpaired) electrons. The molecule has 0 fully saturated rings. The van der Waals surface area contributed by atoms with Crippen molar-refractivity contribution in [2.45, 2.75) is 12.8 Å². The quantitative estimate of drug-likeness (QED) is 0.721. The molecular weight excluding hydrogens is 222 g/mol. The van der Waals surface area contributed by atoms with Gasteiger partial charge in [0.25, 0.3) is 0 Å². The Bertz CT molecular complexity index is 558. The van der Waals surface area contributed by atoms with E-state index in [1.807, 2.05) is 30.7 Å². The fraction of sp³-hybridized carbons (Fsp3) is 0.133. The van der Waals surface area contributed by atoms with E-state index in [1.54, 1.807) is 0 Å². The summed E-state index contributed by atoms with van der Waals surface area (Å²) in [6.45, 7) is 2.05. The predicted octanol–water partition coefficient (Wildman–Crippen LogP) is 3.23. The van der Waals surface area contributed by atoms with E-state index in [4.69, 9.17) is 0 Å². The second kappa shape index (κ2) is 4.53. The highest BCUT2D eigenvalue weighted by Gasteiger charge is 2.19. The number of H-pyrrole nitrogens is 2. The molecule has 0 aromatic carbocycles. The predicted molar refractivity (Wildman–Crippen MR) is 71.5 cm³/mol. The largest absolute Gasteiger partial charge is 0.364 e. The smallest absolute Gasteiger partial charge is 0.0813 e. The van der Waals surface area contributed by atoms with E-state index in [-0.39, 0.29) is 5.92 Å². The number of nitrogens with zero attached hydrogens (tertiary/aromatic N) is 1. The average molecular weight is 237 g/mol. The minimum atomic E-state index is 0.135. The molecule has 3 aromatic heterocycles. The molecule has 0 atom stereocenters. The first-order valence-electron chi connectivity index (χ1n) is 6.04. The van der Waals surface area contributed by atoms with Crippen molar-refractivity contribution in [2.24, 2.45) is 0 Å². The highest BCUT2D eigenvalue weighted by Crippen LogP contribution is 2.28. The number of hydrogen-bond acceptors (Lipinski definition) is 1. The minimum Gasteiger partial charge on any atom is -0.364 e. The summed E-state index contributed by atoms with van der Waals surface area (Å²) in [5, 5.41) is 0. The molecular formula is C15H15N3. The molecule has 0 aliphatic heterocycles. The molecule has 0 amide bonds. The van der Waals surface area contributed by atoms with Crippen LogP contribution in [0.4, 0.5) is 0 Å². The van der Waals surface area contributed by atoms with Crippen LogP contribution in [-0.2, 0) is 0 Å².